The van der Waals surface area contributed by atoms with Gasteiger partial charge in [-0.15, -0.1) is 0 Å². The Labute approximate surface area is 224 Å². The number of nitrogens with zero attached hydrogens (tertiary/aromatic N) is 3. The van der Waals surface area contributed by atoms with Crippen molar-refractivity contribution < 1.29 is 14.3 Å². The van der Waals surface area contributed by atoms with Gasteiger partial charge in [0.05, 0.1) is 18.9 Å². The van der Waals surface area contributed by atoms with Crippen molar-refractivity contribution in [3.63, 3.8) is 0 Å². The number of nitrogens with one attached hydrogen (secondary N) is 1. The number of hydrogen-bond acceptors (Lipinski definition) is 6. The number of aliphatic imine (C=N–C) groups is 1. The van der Waals surface area contributed by atoms with Crippen molar-refractivity contribution >= 4 is 51.7 Å². The molecular weight excluding hydrogens is 508 g/mol. The second-order valence-corrected chi connectivity index (χ2v) is 10.5. The van der Waals surface area contributed by atoms with E-state index in [-0.39, 0.29) is 24.3 Å². The lowest BCUT2D eigenvalue weighted by molar-refractivity contribution is -0.121. The van der Waals surface area contributed by atoms with Gasteiger partial charge < -0.3 is 10.1 Å². The van der Waals surface area contributed by atoms with Crippen molar-refractivity contribution in [2.45, 2.75) is 31.1 Å². The van der Waals surface area contributed by atoms with Gasteiger partial charge in [0.15, 0.2) is 5.17 Å². The van der Waals surface area contributed by atoms with E-state index in [1.165, 1.54) is 17.3 Å². The third-order valence-corrected chi connectivity index (χ3v) is 7.58. The number of hydrogen-bond donors (Lipinski definition) is 1. The molecule has 188 valence electrons. The van der Waals surface area contributed by atoms with Gasteiger partial charge in [0.25, 0.3) is 5.91 Å². The number of benzene rings is 3. The van der Waals surface area contributed by atoms with Crippen LogP contribution in [0.25, 0.3) is 0 Å². The molecule has 0 bridgehead atoms. The standard InChI is InChI=1S/C28H25ClN4O3S/c1-17-6-8-18(9-7-17)23-15-24(19-4-3-5-20(29)14-19)33(32-23)28-31-27(35)25(37-28)16-26(34)30-21-10-12-22(36-2)13-11-21/h3-14,24-25H,15-16H2,1-2H3,(H,30,34)/t24-,25-/m1/s1. The van der Waals surface area contributed by atoms with E-state index in [4.69, 9.17) is 21.4 Å². The van der Waals surface area contributed by atoms with Crippen LogP contribution in [-0.2, 0) is 9.59 Å². The van der Waals surface area contributed by atoms with Gasteiger partial charge in [-0.25, -0.2) is 5.01 Å². The molecule has 0 spiro atoms. The number of aryl methyl sites for hydroxylation is 1. The van der Waals surface area contributed by atoms with Gasteiger partial charge in [0, 0.05) is 23.6 Å². The third kappa shape index (κ3) is 5.70. The van der Waals surface area contributed by atoms with Crippen molar-refractivity contribution in [3.05, 3.63) is 94.5 Å². The van der Waals surface area contributed by atoms with E-state index in [0.29, 0.717) is 28.0 Å². The first kappa shape index (κ1) is 25.0. The SMILES string of the molecule is COc1ccc(NC(=O)C[C@H]2SC(N3N=C(c4ccc(C)cc4)C[C@@H]3c3cccc(Cl)c3)=NC2=O)cc1. The molecule has 0 aromatic heterocycles. The van der Waals surface area contributed by atoms with Crippen LogP contribution < -0.4 is 10.1 Å². The number of thioether (sulfide) groups is 1. The van der Waals surface area contributed by atoms with Crippen LogP contribution in [0.4, 0.5) is 5.69 Å². The minimum absolute atomic E-state index is 0.00668. The molecule has 2 aliphatic rings. The van der Waals surface area contributed by atoms with E-state index in [2.05, 4.69) is 22.4 Å². The van der Waals surface area contributed by atoms with Gasteiger partial charge in [-0.3, -0.25) is 9.59 Å². The smallest absolute Gasteiger partial charge is 0.262 e. The molecule has 0 unspecified atom stereocenters. The molecule has 0 saturated heterocycles. The Bertz CT molecular complexity index is 1390. The fourth-order valence-corrected chi connectivity index (χ4v) is 5.50. The number of methoxy groups -OCH3 is 1. The maximum atomic E-state index is 12.8. The predicted molar refractivity (Wildman–Crippen MR) is 148 cm³/mol. The molecule has 2 aliphatic heterocycles. The maximum absolute atomic E-state index is 12.8. The molecule has 0 aliphatic carbocycles. The van der Waals surface area contributed by atoms with E-state index in [0.717, 1.165) is 16.8 Å². The largest absolute Gasteiger partial charge is 0.497 e. The molecular formula is C28H25ClN4O3S. The fraction of sp³-hybridized carbons (Fsp3) is 0.214. The van der Waals surface area contributed by atoms with Crippen molar-refractivity contribution in [3.8, 4) is 5.75 Å². The molecule has 2 atom stereocenters. The zero-order chi connectivity index (χ0) is 25.9. The number of halogens is 1. The molecule has 7 nitrogen and oxygen atoms in total. The minimum Gasteiger partial charge on any atom is -0.497 e. The second kappa shape index (κ2) is 10.8. The van der Waals surface area contributed by atoms with Gasteiger partial charge in [0.1, 0.15) is 11.0 Å². The normalized spacial score (nSPS) is 19.0. The van der Waals surface area contributed by atoms with Crippen LogP contribution in [-0.4, -0.2) is 40.1 Å². The van der Waals surface area contributed by atoms with Crippen LogP contribution in [0.1, 0.15) is 35.6 Å². The summed E-state index contributed by atoms with van der Waals surface area (Å²) in [6.45, 7) is 2.04. The first-order valence-corrected chi connectivity index (χ1v) is 13.1. The van der Waals surface area contributed by atoms with Gasteiger partial charge in [-0.1, -0.05) is 65.3 Å². The molecule has 5 rings (SSSR count). The molecule has 1 N–H and O–H groups in total. The summed E-state index contributed by atoms with van der Waals surface area (Å²) < 4.78 is 5.15. The Morgan fingerprint density at radius 1 is 1.14 bits per heavy atom. The number of amidine groups is 1. The zero-order valence-electron chi connectivity index (χ0n) is 20.3. The summed E-state index contributed by atoms with van der Waals surface area (Å²) in [7, 11) is 1.58. The lowest BCUT2D eigenvalue weighted by atomic mass is 9.98. The second-order valence-electron chi connectivity index (χ2n) is 8.85. The summed E-state index contributed by atoms with van der Waals surface area (Å²) in [5.74, 6) is 0.0980. The zero-order valence-corrected chi connectivity index (χ0v) is 21.9. The number of ether oxygens (including phenoxy) is 1. The molecule has 3 aromatic rings. The highest BCUT2D eigenvalue weighted by molar-refractivity contribution is 8.15. The van der Waals surface area contributed by atoms with E-state index >= 15 is 0 Å². The summed E-state index contributed by atoms with van der Waals surface area (Å²) in [5, 5.41) is 10.0. The van der Waals surface area contributed by atoms with Gasteiger partial charge in [-0.05, 0) is 54.4 Å². The monoisotopic (exact) mass is 532 g/mol. The van der Waals surface area contributed by atoms with Crippen LogP contribution in [0.3, 0.4) is 0 Å². The highest BCUT2D eigenvalue weighted by Crippen LogP contribution is 2.39. The first-order valence-electron chi connectivity index (χ1n) is 11.8. The highest BCUT2D eigenvalue weighted by Gasteiger charge is 2.39. The molecule has 0 radical (unpaired) electrons. The van der Waals surface area contributed by atoms with Crippen LogP contribution >= 0.6 is 23.4 Å². The Kier molecular flexibility index (Phi) is 7.30. The van der Waals surface area contributed by atoms with Crippen molar-refractivity contribution in [2.24, 2.45) is 10.1 Å². The lowest BCUT2D eigenvalue weighted by Gasteiger charge is -2.23. The van der Waals surface area contributed by atoms with Crippen molar-refractivity contribution in [1.29, 1.82) is 0 Å². The Morgan fingerprint density at radius 3 is 2.59 bits per heavy atom. The summed E-state index contributed by atoms with van der Waals surface area (Å²) in [6, 6.07) is 22.7. The van der Waals surface area contributed by atoms with E-state index in [1.54, 1.807) is 36.4 Å². The van der Waals surface area contributed by atoms with Crippen LogP contribution in [0, 0.1) is 6.92 Å². The lowest BCUT2D eigenvalue weighted by Crippen LogP contribution is -2.25. The third-order valence-electron chi connectivity index (χ3n) is 6.20. The molecule has 0 fully saturated rings. The Hall–Kier alpha value is -3.62. The van der Waals surface area contributed by atoms with Crippen LogP contribution in [0.5, 0.6) is 5.75 Å². The fourth-order valence-electron chi connectivity index (χ4n) is 4.24. The Morgan fingerprint density at radius 2 is 1.89 bits per heavy atom. The van der Waals surface area contributed by atoms with Gasteiger partial charge >= 0.3 is 0 Å². The van der Waals surface area contributed by atoms with E-state index in [1.807, 2.05) is 43.3 Å². The summed E-state index contributed by atoms with van der Waals surface area (Å²) in [5.41, 5.74) is 4.71. The Balaban J connectivity index is 1.33. The molecule has 0 saturated carbocycles. The molecule has 3 aromatic carbocycles. The van der Waals surface area contributed by atoms with Crippen molar-refractivity contribution in [1.82, 2.24) is 5.01 Å². The topological polar surface area (TPSA) is 83.4 Å². The van der Waals surface area contributed by atoms with Gasteiger partial charge in [-0.2, -0.15) is 10.1 Å². The minimum atomic E-state index is -0.619. The summed E-state index contributed by atoms with van der Waals surface area (Å²) in [4.78, 5) is 29.8. The number of anilines is 1. The molecule has 2 heterocycles. The average molecular weight is 533 g/mol. The van der Waals surface area contributed by atoms with E-state index in [9.17, 15) is 9.59 Å². The number of carbonyl (C=O) groups is 2. The molecule has 37 heavy (non-hydrogen) atoms. The van der Waals surface area contributed by atoms with Crippen molar-refractivity contribution in [2.75, 3.05) is 12.4 Å². The average Bonchev–Trinajstić information content (AvgIpc) is 3.49. The molecule has 9 heteroatoms. The predicted octanol–water partition coefficient (Wildman–Crippen LogP) is 5.83. The first-order chi connectivity index (χ1) is 17.9. The van der Waals surface area contributed by atoms with Gasteiger partial charge in [0.2, 0.25) is 5.91 Å². The summed E-state index contributed by atoms with van der Waals surface area (Å²) >= 11 is 7.56. The maximum Gasteiger partial charge on any atom is 0.262 e. The number of carbonyl (C=O) groups excluding carboxylic acids is 2. The molecule has 2 amide bonds. The number of hydrazone groups is 1. The highest BCUT2D eigenvalue weighted by atomic mass is 35.5. The number of rotatable bonds is 6. The summed E-state index contributed by atoms with van der Waals surface area (Å²) in [6.07, 6.45) is 0.645. The van der Waals surface area contributed by atoms with Crippen LogP contribution in [0.15, 0.2) is 82.9 Å². The van der Waals surface area contributed by atoms with E-state index < -0.39 is 5.25 Å². The number of amides is 2. The quantitative estimate of drug-likeness (QED) is 0.431. The van der Waals surface area contributed by atoms with Crippen LogP contribution in [0.2, 0.25) is 5.02 Å².